The minimum atomic E-state index is -1.62. The third-order valence-electron chi connectivity index (χ3n) is 13.6. The van der Waals surface area contributed by atoms with E-state index in [1.54, 1.807) is 0 Å². The molecule has 2 atom stereocenters. The topological polar surface area (TPSA) is 111 Å². The van der Waals surface area contributed by atoms with Gasteiger partial charge in [0, 0.05) is 12.8 Å². The van der Waals surface area contributed by atoms with Crippen LogP contribution >= 0.6 is 0 Å². The van der Waals surface area contributed by atoms with Gasteiger partial charge >= 0.3 is 11.9 Å². The molecule has 0 aliphatic carbocycles. The van der Waals surface area contributed by atoms with E-state index in [4.69, 9.17) is 18.9 Å². The Labute approximate surface area is 445 Å². The van der Waals surface area contributed by atoms with Gasteiger partial charge in [0.2, 0.25) is 0 Å². The van der Waals surface area contributed by atoms with Crippen LogP contribution in [0, 0.1) is 0 Å². The lowest BCUT2D eigenvalue weighted by Crippen LogP contribution is -2.44. The number of carboxylic acids is 1. The predicted octanol–water partition coefficient (Wildman–Crippen LogP) is 16.7. The molecule has 0 amide bonds. The van der Waals surface area contributed by atoms with E-state index < -0.39 is 24.3 Å². The molecule has 2 unspecified atom stereocenters. The van der Waals surface area contributed by atoms with Gasteiger partial charge in [-0.25, -0.2) is 0 Å². The van der Waals surface area contributed by atoms with Crippen molar-refractivity contribution in [1.29, 1.82) is 0 Å². The number of likely N-dealkylation sites (N-methyl/N-ethyl adjacent to an activating group) is 1. The maximum Gasteiger partial charge on any atom is 0.306 e. The van der Waals surface area contributed by atoms with Crippen molar-refractivity contribution in [3.63, 3.8) is 0 Å². The van der Waals surface area contributed by atoms with Gasteiger partial charge < -0.3 is 33.3 Å². The second-order valence-electron chi connectivity index (χ2n) is 22.0. The van der Waals surface area contributed by atoms with Crippen LogP contribution in [0.3, 0.4) is 0 Å². The molecular formula is C63H117NO8. The third-order valence-corrected chi connectivity index (χ3v) is 13.6. The van der Waals surface area contributed by atoms with Gasteiger partial charge in [-0.3, -0.25) is 9.59 Å². The van der Waals surface area contributed by atoms with Crippen LogP contribution < -0.4 is 5.11 Å². The second-order valence-corrected chi connectivity index (χ2v) is 22.0. The van der Waals surface area contributed by atoms with Crippen LogP contribution in [0.2, 0.25) is 0 Å². The molecule has 9 nitrogen and oxygen atoms in total. The summed E-state index contributed by atoms with van der Waals surface area (Å²) in [4.78, 5) is 37.0. The van der Waals surface area contributed by atoms with Gasteiger partial charge in [-0.05, 0) is 51.4 Å². The highest BCUT2D eigenvalue weighted by molar-refractivity contribution is 5.70. The summed E-state index contributed by atoms with van der Waals surface area (Å²) in [5, 5.41) is 11.7. The molecule has 72 heavy (non-hydrogen) atoms. The number of carbonyl (C=O) groups is 3. The summed E-state index contributed by atoms with van der Waals surface area (Å²) in [5.41, 5.74) is 0. The van der Waals surface area contributed by atoms with Crippen molar-refractivity contribution in [2.45, 2.75) is 302 Å². The predicted molar refractivity (Wildman–Crippen MR) is 302 cm³/mol. The normalized spacial score (nSPS) is 13.0. The first-order chi connectivity index (χ1) is 35.1. The van der Waals surface area contributed by atoms with Crippen molar-refractivity contribution in [3.8, 4) is 0 Å². The minimum absolute atomic E-state index is 0.151. The lowest BCUT2D eigenvalue weighted by atomic mass is 10.0. The maximum atomic E-state index is 12.8. The number of esters is 2. The third kappa shape index (κ3) is 55.3. The van der Waals surface area contributed by atoms with E-state index in [9.17, 15) is 19.5 Å². The number of carboxylic acid groups (broad SMARTS) is 1. The Bertz CT molecular complexity index is 1270. The highest BCUT2D eigenvalue weighted by atomic mass is 16.7. The highest BCUT2D eigenvalue weighted by Crippen LogP contribution is 2.17. The van der Waals surface area contributed by atoms with Gasteiger partial charge in [-0.1, -0.05) is 262 Å². The van der Waals surface area contributed by atoms with Crippen LogP contribution in [0.5, 0.6) is 0 Å². The van der Waals surface area contributed by atoms with Gasteiger partial charge in [0.25, 0.3) is 0 Å². The first-order valence-corrected chi connectivity index (χ1v) is 30.6. The molecule has 0 radical (unpaired) electrons. The van der Waals surface area contributed by atoms with Crippen molar-refractivity contribution >= 4 is 17.9 Å². The zero-order chi connectivity index (χ0) is 52.7. The fraction of sp³-hybridized carbons (Fsp3) is 0.857. The molecule has 0 rings (SSSR count). The second kappa shape index (κ2) is 54.8. The zero-order valence-corrected chi connectivity index (χ0v) is 48.1. The number of quaternary nitrogens is 1. The van der Waals surface area contributed by atoms with Crippen LogP contribution in [-0.2, 0) is 33.3 Å². The maximum absolute atomic E-state index is 12.8. The number of nitrogens with zero attached hydrogens (tertiary/aromatic N) is 1. The molecule has 0 bridgehead atoms. The van der Waals surface area contributed by atoms with Crippen LogP contribution in [0.25, 0.3) is 0 Å². The Morgan fingerprint density at radius 1 is 0.417 bits per heavy atom. The average molecular weight is 1020 g/mol. The number of ether oxygens (including phenoxy) is 4. The summed E-state index contributed by atoms with van der Waals surface area (Å²) in [7, 11) is 5.92. The van der Waals surface area contributed by atoms with Gasteiger partial charge in [0.1, 0.15) is 13.2 Å². The SMILES string of the molecule is CCCCCCC/C=C\C/C=C\C/C=C\CCCCCCCCCCCCCCCCCCCCCCCCCCC(=O)OC(COC(=O)CCCCCCCCCC)COC(OCC[N+](C)(C)C)C(=O)[O-]. The molecule has 0 aromatic heterocycles. The first-order valence-electron chi connectivity index (χ1n) is 30.6. The molecule has 0 aliphatic rings. The first kappa shape index (κ1) is 69.5. The van der Waals surface area contributed by atoms with Crippen molar-refractivity contribution in [2.24, 2.45) is 0 Å². The van der Waals surface area contributed by atoms with Gasteiger partial charge in [-0.15, -0.1) is 0 Å². The molecule has 0 aromatic carbocycles. The van der Waals surface area contributed by atoms with Gasteiger partial charge in [-0.2, -0.15) is 0 Å². The van der Waals surface area contributed by atoms with E-state index >= 15 is 0 Å². The van der Waals surface area contributed by atoms with Crippen molar-refractivity contribution in [2.75, 3.05) is 47.5 Å². The van der Waals surface area contributed by atoms with Crippen molar-refractivity contribution < 1.29 is 42.9 Å². The van der Waals surface area contributed by atoms with Crippen LogP contribution in [-0.4, -0.2) is 82.3 Å². The Morgan fingerprint density at radius 2 is 0.750 bits per heavy atom. The zero-order valence-electron chi connectivity index (χ0n) is 48.1. The molecule has 0 aliphatic heterocycles. The number of hydrogen-bond acceptors (Lipinski definition) is 8. The summed E-state index contributed by atoms with van der Waals surface area (Å²) in [6.45, 7) is 4.73. The molecule has 0 saturated heterocycles. The fourth-order valence-corrected chi connectivity index (χ4v) is 8.90. The van der Waals surface area contributed by atoms with Gasteiger partial charge in [0.15, 0.2) is 12.4 Å². The summed E-state index contributed by atoms with van der Waals surface area (Å²) in [5.74, 6) is -2.27. The smallest absolute Gasteiger partial charge is 0.306 e. The summed E-state index contributed by atoms with van der Waals surface area (Å²) >= 11 is 0. The minimum Gasteiger partial charge on any atom is -0.545 e. The van der Waals surface area contributed by atoms with Crippen LogP contribution in [0.1, 0.15) is 290 Å². The number of aliphatic carboxylic acids is 1. The van der Waals surface area contributed by atoms with E-state index in [1.165, 1.54) is 212 Å². The Morgan fingerprint density at radius 3 is 1.11 bits per heavy atom. The molecular weight excluding hydrogens is 899 g/mol. The van der Waals surface area contributed by atoms with E-state index in [2.05, 4.69) is 50.3 Å². The van der Waals surface area contributed by atoms with Crippen LogP contribution in [0.15, 0.2) is 36.5 Å². The molecule has 0 fully saturated rings. The molecule has 0 N–H and O–H groups in total. The number of rotatable bonds is 57. The standard InChI is InChI=1S/C63H117NO8/c1-6-8-10-12-14-16-17-18-19-20-21-22-23-24-25-26-27-28-29-30-31-32-33-34-35-36-37-38-39-40-41-42-43-44-45-46-48-50-52-54-61(66)72-59(58-71-63(62(67)68)69-56-55-64(3,4)5)57-70-60(65)53-51-49-47-15-13-11-9-7-2/h17-18,20-21,23-24,59,63H,6-16,19,22,25-58H2,1-5H3/b18-17-,21-20-,24-23-. The van der Waals surface area contributed by atoms with E-state index in [0.29, 0.717) is 17.4 Å². The van der Waals surface area contributed by atoms with Crippen molar-refractivity contribution in [1.82, 2.24) is 0 Å². The lowest BCUT2D eigenvalue weighted by molar-refractivity contribution is -0.870. The average Bonchev–Trinajstić information content (AvgIpc) is 3.35. The monoisotopic (exact) mass is 1020 g/mol. The van der Waals surface area contributed by atoms with E-state index in [0.717, 1.165) is 51.4 Å². The fourth-order valence-electron chi connectivity index (χ4n) is 8.90. The molecule has 0 heterocycles. The number of hydrogen-bond donors (Lipinski definition) is 0. The highest BCUT2D eigenvalue weighted by Gasteiger charge is 2.22. The summed E-state index contributed by atoms with van der Waals surface area (Å²) < 4.78 is 22.6. The molecule has 0 aromatic rings. The summed E-state index contributed by atoms with van der Waals surface area (Å²) in [6.07, 6.45) is 64.0. The molecule has 0 spiro atoms. The van der Waals surface area contributed by atoms with Crippen LogP contribution in [0.4, 0.5) is 0 Å². The van der Waals surface area contributed by atoms with E-state index in [1.807, 2.05) is 21.1 Å². The number of carbonyl (C=O) groups excluding carboxylic acids is 3. The Hall–Kier alpha value is -2.49. The lowest BCUT2D eigenvalue weighted by Gasteiger charge is -2.26. The molecule has 0 saturated carbocycles. The molecule has 9 heteroatoms. The Kier molecular flexibility index (Phi) is 52.9. The number of allylic oxidation sites excluding steroid dienone is 6. The van der Waals surface area contributed by atoms with E-state index in [-0.39, 0.29) is 32.2 Å². The quantitative estimate of drug-likeness (QED) is 0.0195. The Balaban J connectivity index is 3.85. The largest absolute Gasteiger partial charge is 0.545 e. The number of unbranched alkanes of at least 4 members (excludes halogenated alkanes) is 36. The summed E-state index contributed by atoms with van der Waals surface area (Å²) in [6, 6.07) is 0. The van der Waals surface area contributed by atoms with Crippen molar-refractivity contribution in [3.05, 3.63) is 36.5 Å². The molecule has 422 valence electrons. The van der Waals surface area contributed by atoms with Gasteiger partial charge in [0.05, 0.1) is 40.3 Å².